The number of carbonyl (C=O) groups is 2. The minimum Gasteiger partial charge on any atom is -0.352 e. The molecule has 1 N–H and O–H groups in total. The van der Waals surface area contributed by atoms with Crippen LogP contribution in [0.5, 0.6) is 0 Å². The Morgan fingerprint density at radius 1 is 1.14 bits per heavy atom. The van der Waals surface area contributed by atoms with Crippen molar-refractivity contribution in [3.05, 3.63) is 69.2 Å². The summed E-state index contributed by atoms with van der Waals surface area (Å²) in [7, 11) is 0. The van der Waals surface area contributed by atoms with E-state index in [2.05, 4.69) is 21.2 Å². The Bertz CT molecular complexity index is 850. The zero-order chi connectivity index (χ0) is 20.8. The third-order valence-electron chi connectivity index (χ3n) is 5.38. The molecule has 0 heterocycles. The first-order valence-corrected chi connectivity index (χ1v) is 11.2. The van der Waals surface area contributed by atoms with Gasteiger partial charge in [0.25, 0.3) is 0 Å². The van der Waals surface area contributed by atoms with Gasteiger partial charge in [-0.2, -0.15) is 0 Å². The molecule has 1 saturated carbocycles. The minimum atomic E-state index is -0.547. The average Bonchev–Trinajstić information content (AvgIpc) is 3.20. The van der Waals surface area contributed by atoms with Gasteiger partial charge >= 0.3 is 0 Å². The number of hydrogen-bond donors (Lipinski definition) is 1. The topological polar surface area (TPSA) is 49.4 Å². The van der Waals surface area contributed by atoms with E-state index in [9.17, 15) is 9.59 Å². The van der Waals surface area contributed by atoms with E-state index in [-0.39, 0.29) is 24.3 Å². The van der Waals surface area contributed by atoms with Gasteiger partial charge in [-0.05, 0) is 55.2 Å². The molecule has 0 radical (unpaired) electrons. The average molecular weight is 478 g/mol. The maximum atomic E-state index is 13.2. The molecule has 1 aliphatic carbocycles. The molecular weight excluding hydrogens is 452 g/mol. The normalized spacial score (nSPS) is 15.1. The van der Waals surface area contributed by atoms with Crippen LogP contribution in [0.4, 0.5) is 0 Å². The number of halogens is 2. The lowest BCUT2D eigenvalue weighted by Crippen LogP contribution is -2.50. The molecular formula is C23H26BrClN2O2. The molecule has 1 unspecified atom stereocenters. The molecule has 2 amide bonds. The van der Waals surface area contributed by atoms with Crippen molar-refractivity contribution < 1.29 is 9.59 Å². The fourth-order valence-corrected chi connectivity index (χ4v) is 4.26. The van der Waals surface area contributed by atoms with Gasteiger partial charge in [0.1, 0.15) is 6.04 Å². The van der Waals surface area contributed by atoms with E-state index >= 15 is 0 Å². The molecule has 1 atom stereocenters. The fourth-order valence-electron chi connectivity index (χ4n) is 3.69. The Morgan fingerprint density at radius 3 is 2.48 bits per heavy atom. The second kappa shape index (κ2) is 10.3. The first-order valence-electron chi connectivity index (χ1n) is 10.0. The maximum Gasteiger partial charge on any atom is 0.242 e. The summed E-state index contributed by atoms with van der Waals surface area (Å²) in [5, 5.41) is 3.76. The lowest BCUT2D eigenvalue weighted by molar-refractivity contribution is -0.140. The van der Waals surface area contributed by atoms with Gasteiger partial charge in [0.15, 0.2) is 0 Å². The molecule has 1 fully saturated rings. The summed E-state index contributed by atoms with van der Waals surface area (Å²) in [6.07, 6.45) is 4.56. The van der Waals surface area contributed by atoms with E-state index in [0.29, 0.717) is 11.6 Å². The largest absolute Gasteiger partial charge is 0.352 e. The quantitative estimate of drug-likeness (QED) is 0.601. The van der Waals surface area contributed by atoms with Crippen molar-refractivity contribution in [2.24, 2.45) is 0 Å². The van der Waals surface area contributed by atoms with Crippen LogP contribution in [0.25, 0.3) is 0 Å². The van der Waals surface area contributed by atoms with Crippen molar-refractivity contribution in [1.82, 2.24) is 10.2 Å². The highest BCUT2D eigenvalue weighted by Crippen LogP contribution is 2.20. The molecule has 154 valence electrons. The molecule has 2 aromatic rings. The molecule has 2 aromatic carbocycles. The van der Waals surface area contributed by atoms with Gasteiger partial charge in [-0.3, -0.25) is 9.59 Å². The van der Waals surface area contributed by atoms with Gasteiger partial charge in [0.05, 0.1) is 6.42 Å². The zero-order valence-corrected chi connectivity index (χ0v) is 18.9. The molecule has 0 bridgehead atoms. The van der Waals surface area contributed by atoms with Crippen LogP contribution in [0.15, 0.2) is 53.0 Å². The Labute approximate surface area is 185 Å². The number of benzene rings is 2. The summed E-state index contributed by atoms with van der Waals surface area (Å²) < 4.78 is 0.947. The number of nitrogens with zero attached hydrogens (tertiary/aromatic N) is 1. The molecule has 0 aliphatic heterocycles. The van der Waals surface area contributed by atoms with Gasteiger partial charge in [-0.1, -0.05) is 64.6 Å². The first kappa shape index (κ1) is 21.8. The van der Waals surface area contributed by atoms with Crippen LogP contribution in [0.1, 0.15) is 43.7 Å². The van der Waals surface area contributed by atoms with E-state index in [1.807, 2.05) is 43.3 Å². The number of carbonyl (C=O) groups excluding carboxylic acids is 2. The monoisotopic (exact) mass is 476 g/mol. The van der Waals surface area contributed by atoms with Crippen molar-refractivity contribution >= 4 is 39.3 Å². The number of rotatable bonds is 7. The molecule has 0 saturated heterocycles. The molecule has 0 aromatic heterocycles. The van der Waals surface area contributed by atoms with Crippen LogP contribution >= 0.6 is 27.5 Å². The van der Waals surface area contributed by atoms with Gasteiger partial charge in [0.2, 0.25) is 11.8 Å². The number of hydrogen-bond acceptors (Lipinski definition) is 2. The van der Waals surface area contributed by atoms with Crippen LogP contribution in [0, 0.1) is 0 Å². The fraction of sp³-hybridized carbons (Fsp3) is 0.391. The molecule has 29 heavy (non-hydrogen) atoms. The first-order chi connectivity index (χ1) is 13.9. The second-order valence-corrected chi connectivity index (χ2v) is 8.97. The highest BCUT2D eigenvalue weighted by molar-refractivity contribution is 9.10. The van der Waals surface area contributed by atoms with Gasteiger partial charge in [-0.15, -0.1) is 0 Å². The van der Waals surface area contributed by atoms with Crippen LogP contribution in [-0.2, 0) is 22.6 Å². The Hall–Kier alpha value is -1.85. The Balaban J connectivity index is 1.76. The summed E-state index contributed by atoms with van der Waals surface area (Å²) >= 11 is 9.43. The number of amides is 2. The van der Waals surface area contributed by atoms with Crippen molar-refractivity contribution in [3.63, 3.8) is 0 Å². The summed E-state index contributed by atoms with van der Waals surface area (Å²) in [5.74, 6) is -0.169. The van der Waals surface area contributed by atoms with Crippen LogP contribution in [-0.4, -0.2) is 28.8 Å². The second-order valence-electron chi connectivity index (χ2n) is 7.62. The standard InChI is InChI=1S/C23H26BrClN2O2/c1-16(23(29)26-21-7-2-3-8-21)27(15-18-5-4-6-19(24)13-18)22(28)14-17-9-11-20(25)12-10-17/h4-6,9-13,16,21H,2-3,7-8,14-15H2,1H3,(H,26,29). The van der Waals surface area contributed by atoms with Crippen LogP contribution in [0.2, 0.25) is 5.02 Å². The van der Waals surface area contributed by atoms with Gasteiger partial charge < -0.3 is 10.2 Å². The third-order valence-corrected chi connectivity index (χ3v) is 6.12. The van der Waals surface area contributed by atoms with E-state index in [0.717, 1.165) is 41.3 Å². The van der Waals surface area contributed by atoms with Gasteiger partial charge in [0, 0.05) is 22.1 Å². The summed E-state index contributed by atoms with van der Waals surface area (Å²) in [5.41, 5.74) is 1.85. The molecule has 3 rings (SSSR count). The third kappa shape index (κ3) is 6.31. The van der Waals surface area contributed by atoms with Crippen molar-refractivity contribution in [3.8, 4) is 0 Å². The Morgan fingerprint density at radius 2 is 1.83 bits per heavy atom. The lowest BCUT2D eigenvalue weighted by Gasteiger charge is -2.30. The lowest BCUT2D eigenvalue weighted by atomic mass is 10.1. The van der Waals surface area contributed by atoms with E-state index in [1.165, 1.54) is 0 Å². The van der Waals surface area contributed by atoms with Crippen LogP contribution in [0.3, 0.4) is 0 Å². The summed E-state index contributed by atoms with van der Waals surface area (Å²) in [6.45, 7) is 2.19. The predicted molar refractivity (Wildman–Crippen MR) is 120 cm³/mol. The van der Waals surface area contributed by atoms with Crippen molar-refractivity contribution in [2.75, 3.05) is 0 Å². The SMILES string of the molecule is CC(C(=O)NC1CCCC1)N(Cc1cccc(Br)c1)C(=O)Cc1ccc(Cl)cc1. The molecule has 1 aliphatic rings. The van der Waals surface area contributed by atoms with Gasteiger partial charge in [-0.25, -0.2) is 0 Å². The highest BCUT2D eigenvalue weighted by atomic mass is 79.9. The summed E-state index contributed by atoms with van der Waals surface area (Å²) in [4.78, 5) is 27.7. The van der Waals surface area contributed by atoms with Crippen LogP contribution < -0.4 is 5.32 Å². The Kier molecular flexibility index (Phi) is 7.73. The molecule has 6 heteroatoms. The summed E-state index contributed by atoms with van der Waals surface area (Å²) in [6, 6.07) is 14.8. The maximum absolute atomic E-state index is 13.2. The minimum absolute atomic E-state index is 0.0821. The predicted octanol–water partition coefficient (Wildman–Crippen LogP) is 5.12. The number of nitrogens with one attached hydrogen (secondary N) is 1. The molecule has 4 nitrogen and oxygen atoms in total. The van der Waals surface area contributed by atoms with E-state index < -0.39 is 6.04 Å². The van der Waals surface area contributed by atoms with Crippen molar-refractivity contribution in [2.45, 2.75) is 57.7 Å². The zero-order valence-electron chi connectivity index (χ0n) is 16.5. The molecule has 0 spiro atoms. The van der Waals surface area contributed by atoms with E-state index in [4.69, 9.17) is 11.6 Å². The highest BCUT2D eigenvalue weighted by Gasteiger charge is 2.28. The van der Waals surface area contributed by atoms with E-state index in [1.54, 1.807) is 17.0 Å². The smallest absolute Gasteiger partial charge is 0.242 e. The van der Waals surface area contributed by atoms with Crippen molar-refractivity contribution in [1.29, 1.82) is 0 Å².